The van der Waals surface area contributed by atoms with Gasteiger partial charge in [-0.25, -0.2) is 0 Å². The summed E-state index contributed by atoms with van der Waals surface area (Å²) in [5.41, 5.74) is -1.36. The summed E-state index contributed by atoms with van der Waals surface area (Å²) < 4.78 is 29.1. The SMILES string of the molecule is CC(=O)O[C@H]1C[C@@]2(C)C(=O)CC[C@]3(C)O[S@@](=O)O[C@@H](C23)[C@@H]1C(C)C. The molecule has 7 atom stereocenters. The molecule has 0 radical (unpaired) electrons. The minimum atomic E-state index is -1.86. The number of ether oxygens (including phenoxy) is 1. The Balaban J connectivity index is 2.09. The summed E-state index contributed by atoms with van der Waals surface area (Å²) in [6.45, 7) is 9.29. The van der Waals surface area contributed by atoms with Crippen LogP contribution in [0.3, 0.4) is 0 Å². The summed E-state index contributed by atoms with van der Waals surface area (Å²) in [6, 6.07) is 0. The van der Waals surface area contributed by atoms with Gasteiger partial charge in [0.05, 0.1) is 11.7 Å². The lowest BCUT2D eigenvalue weighted by molar-refractivity contribution is -0.219. The number of hydrogen-bond acceptors (Lipinski definition) is 6. The van der Waals surface area contributed by atoms with Crippen LogP contribution < -0.4 is 0 Å². The van der Waals surface area contributed by atoms with E-state index < -0.39 is 34.6 Å². The van der Waals surface area contributed by atoms with Crippen LogP contribution in [0.2, 0.25) is 0 Å². The quantitative estimate of drug-likeness (QED) is 0.705. The van der Waals surface area contributed by atoms with E-state index in [0.29, 0.717) is 19.3 Å². The number of ketones is 1. The first-order chi connectivity index (χ1) is 11.1. The molecule has 3 fully saturated rings. The molecule has 0 aromatic carbocycles. The van der Waals surface area contributed by atoms with Gasteiger partial charge in [-0.15, -0.1) is 0 Å². The second-order valence-corrected chi connectivity index (χ2v) is 8.92. The van der Waals surface area contributed by atoms with E-state index >= 15 is 0 Å². The van der Waals surface area contributed by atoms with Crippen LogP contribution in [0.5, 0.6) is 0 Å². The van der Waals surface area contributed by atoms with E-state index in [0.717, 1.165) is 0 Å². The highest BCUT2D eigenvalue weighted by molar-refractivity contribution is 7.75. The third kappa shape index (κ3) is 2.65. The van der Waals surface area contributed by atoms with Crippen molar-refractivity contribution in [1.29, 1.82) is 0 Å². The first-order valence-corrected chi connectivity index (χ1v) is 9.57. The Morgan fingerprint density at radius 2 is 2.04 bits per heavy atom. The first kappa shape index (κ1) is 18.0. The molecule has 3 aliphatic rings. The second kappa shape index (κ2) is 5.88. The predicted octanol–water partition coefficient (Wildman–Crippen LogP) is 2.33. The Morgan fingerprint density at radius 3 is 2.62 bits per heavy atom. The van der Waals surface area contributed by atoms with Crippen LogP contribution in [0, 0.1) is 23.2 Å². The summed E-state index contributed by atoms with van der Waals surface area (Å²) in [5, 5.41) is 0. The van der Waals surface area contributed by atoms with Crippen molar-refractivity contribution in [2.45, 2.75) is 71.7 Å². The maximum atomic E-state index is 12.8. The Bertz CT molecular complexity index is 590. The van der Waals surface area contributed by atoms with Gasteiger partial charge in [0.15, 0.2) is 0 Å². The fraction of sp³-hybridized carbons (Fsp3) is 0.882. The summed E-state index contributed by atoms with van der Waals surface area (Å²) in [6.07, 6.45) is 0.532. The van der Waals surface area contributed by atoms with Crippen LogP contribution in [-0.4, -0.2) is 33.8 Å². The maximum Gasteiger partial charge on any atom is 0.305 e. The highest BCUT2D eigenvalue weighted by atomic mass is 32.2. The number of esters is 1. The van der Waals surface area contributed by atoms with Crippen molar-refractivity contribution in [2.24, 2.45) is 23.2 Å². The Kier molecular flexibility index (Phi) is 4.42. The van der Waals surface area contributed by atoms with Crippen molar-refractivity contribution in [3.8, 4) is 0 Å². The molecule has 136 valence electrons. The van der Waals surface area contributed by atoms with Crippen LogP contribution >= 0.6 is 0 Å². The van der Waals surface area contributed by atoms with Gasteiger partial charge in [-0.2, -0.15) is 4.21 Å². The van der Waals surface area contributed by atoms with Gasteiger partial charge in [0.2, 0.25) is 0 Å². The van der Waals surface area contributed by atoms with E-state index in [1.165, 1.54) is 6.92 Å². The molecule has 1 heterocycles. The van der Waals surface area contributed by atoms with Gasteiger partial charge in [-0.1, -0.05) is 20.8 Å². The van der Waals surface area contributed by atoms with Crippen molar-refractivity contribution in [2.75, 3.05) is 0 Å². The second-order valence-electron chi connectivity index (χ2n) is 8.15. The molecule has 0 bridgehead atoms. The molecule has 3 rings (SSSR count). The molecule has 2 saturated carbocycles. The normalized spacial score (nSPS) is 48.1. The predicted molar refractivity (Wildman–Crippen MR) is 86.8 cm³/mol. The standard InChI is InChI=1S/C17H26O6S/c1-9(2)13-11(21-10(3)18)8-16(4)12(19)6-7-17(5)15(16)14(13)22-24(20)23-17/h9,11,13-15H,6-8H2,1-5H3/t11-,13+,14+,15?,16-,17-,24-/m0/s1. The zero-order valence-electron chi connectivity index (χ0n) is 14.9. The van der Waals surface area contributed by atoms with Crippen molar-refractivity contribution in [3.05, 3.63) is 0 Å². The summed E-state index contributed by atoms with van der Waals surface area (Å²) in [7, 11) is 0. The lowest BCUT2D eigenvalue weighted by Crippen LogP contribution is -2.69. The number of rotatable bonds is 2. The van der Waals surface area contributed by atoms with Crippen molar-refractivity contribution >= 4 is 23.1 Å². The zero-order chi connectivity index (χ0) is 17.9. The third-order valence-corrected chi connectivity index (χ3v) is 7.02. The molecule has 6 nitrogen and oxygen atoms in total. The number of Topliss-reactive ketones (excluding diaryl/α,β-unsaturated/α-hetero) is 1. The smallest absolute Gasteiger partial charge is 0.305 e. The Morgan fingerprint density at radius 1 is 1.38 bits per heavy atom. The van der Waals surface area contributed by atoms with Gasteiger partial charge < -0.3 is 4.74 Å². The summed E-state index contributed by atoms with van der Waals surface area (Å²) in [4.78, 5) is 24.4. The van der Waals surface area contributed by atoms with Gasteiger partial charge in [0.1, 0.15) is 11.9 Å². The molecule has 7 heteroatoms. The van der Waals surface area contributed by atoms with Crippen LogP contribution in [0.25, 0.3) is 0 Å². The molecule has 0 N–H and O–H groups in total. The number of hydrogen-bond donors (Lipinski definition) is 0. The fourth-order valence-corrected chi connectivity index (χ4v) is 6.17. The molecule has 1 aliphatic heterocycles. The minimum absolute atomic E-state index is 0.120. The van der Waals surface area contributed by atoms with Crippen LogP contribution in [0.1, 0.15) is 53.9 Å². The molecule has 1 saturated heterocycles. The first-order valence-electron chi connectivity index (χ1n) is 8.57. The van der Waals surface area contributed by atoms with E-state index in [2.05, 4.69) is 0 Å². The molecule has 2 aliphatic carbocycles. The van der Waals surface area contributed by atoms with Crippen LogP contribution in [0.4, 0.5) is 0 Å². The topological polar surface area (TPSA) is 78.9 Å². The largest absolute Gasteiger partial charge is 0.462 e. The van der Waals surface area contributed by atoms with Gasteiger partial charge in [-0.05, 0) is 25.7 Å². The van der Waals surface area contributed by atoms with Crippen molar-refractivity contribution in [3.63, 3.8) is 0 Å². The zero-order valence-corrected chi connectivity index (χ0v) is 15.7. The maximum absolute atomic E-state index is 12.8. The summed E-state index contributed by atoms with van der Waals surface area (Å²) >= 11 is -1.86. The van der Waals surface area contributed by atoms with E-state index in [-0.39, 0.29) is 29.5 Å². The van der Waals surface area contributed by atoms with Gasteiger partial charge in [0.25, 0.3) is 0 Å². The molecule has 0 amide bonds. The lowest BCUT2D eigenvalue weighted by Gasteiger charge is -2.60. The molecular weight excluding hydrogens is 332 g/mol. The molecule has 0 aromatic rings. The van der Waals surface area contributed by atoms with Crippen molar-refractivity contribution < 1.29 is 26.9 Å². The molecule has 0 aromatic heterocycles. The van der Waals surface area contributed by atoms with E-state index in [4.69, 9.17) is 13.1 Å². The Hall–Kier alpha value is -0.790. The fourth-order valence-electron chi connectivity index (χ4n) is 5.21. The highest BCUT2D eigenvalue weighted by Gasteiger charge is 2.67. The van der Waals surface area contributed by atoms with E-state index in [1.54, 1.807) is 0 Å². The van der Waals surface area contributed by atoms with Gasteiger partial charge in [0, 0.05) is 30.6 Å². The number of carbonyl (C=O) groups excluding carboxylic acids is 2. The van der Waals surface area contributed by atoms with Gasteiger partial charge in [-0.3, -0.25) is 18.0 Å². The van der Waals surface area contributed by atoms with E-state index in [1.807, 2.05) is 27.7 Å². The molecule has 0 spiro atoms. The highest BCUT2D eigenvalue weighted by Crippen LogP contribution is 2.59. The minimum Gasteiger partial charge on any atom is -0.462 e. The average Bonchev–Trinajstić information content (AvgIpc) is 2.41. The lowest BCUT2D eigenvalue weighted by atomic mass is 9.50. The van der Waals surface area contributed by atoms with E-state index in [9.17, 15) is 13.8 Å². The average molecular weight is 358 g/mol. The van der Waals surface area contributed by atoms with Crippen molar-refractivity contribution in [1.82, 2.24) is 0 Å². The van der Waals surface area contributed by atoms with Gasteiger partial charge >= 0.3 is 17.3 Å². The summed E-state index contributed by atoms with van der Waals surface area (Å²) in [5.74, 6) is -0.380. The molecule has 24 heavy (non-hydrogen) atoms. The third-order valence-electron chi connectivity index (χ3n) is 6.13. The monoisotopic (exact) mass is 358 g/mol. The molecular formula is C17H26O6S. The molecule has 1 unspecified atom stereocenters. The Labute approximate surface area is 145 Å². The van der Waals surface area contributed by atoms with Crippen LogP contribution in [-0.2, 0) is 34.1 Å². The number of carbonyl (C=O) groups is 2. The van der Waals surface area contributed by atoms with Crippen LogP contribution in [0.15, 0.2) is 0 Å².